The van der Waals surface area contributed by atoms with Gasteiger partial charge in [0.05, 0.1) is 6.04 Å². The first kappa shape index (κ1) is 24.2. The van der Waals surface area contributed by atoms with Crippen LogP contribution in [0, 0.1) is 0 Å². The molecule has 0 bridgehead atoms. The molecular weight excluding hydrogens is 435 g/mol. The van der Waals surface area contributed by atoms with Gasteiger partial charge in [0.2, 0.25) is 0 Å². The number of carbonyl (C=O) groups excluding carboxylic acids is 1. The van der Waals surface area contributed by atoms with Crippen molar-refractivity contribution >= 4 is 36.0 Å². The van der Waals surface area contributed by atoms with Crippen LogP contribution in [-0.4, -0.2) is 68.5 Å². The highest BCUT2D eigenvalue weighted by molar-refractivity contribution is 14.0. The number of unbranched alkanes of at least 4 members (excludes halogenated alkanes) is 1. The minimum atomic E-state index is -0.452. The molecule has 0 aromatic heterocycles. The molecule has 0 aliphatic carbocycles. The number of aliphatic imine (C=N–C) groups is 1. The summed E-state index contributed by atoms with van der Waals surface area (Å²) in [6.07, 6.45) is 2.97. The Bertz CT molecular complexity index is 407. The lowest BCUT2D eigenvalue weighted by Crippen LogP contribution is -2.63. The first-order valence-corrected chi connectivity index (χ1v) is 8.88. The Hall–Kier alpha value is -0.770. The van der Waals surface area contributed by atoms with E-state index in [9.17, 15) is 4.79 Å². The van der Waals surface area contributed by atoms with Crippen LogP contribution in [-0.2, 0) is 9.47 Å². The molecule has 0 aromatic carbocycles. The van der Waals surface area contributed by atoms with Crippen LogP contribution < -0.4 is 10.6 Å². The Morgan fingerprint density at radius 1 is 1.24 bits per heavy atom. The van der Waals surface area contributed by atoms with Gasteiger partial charge in [-0.15, -0.1) is 24.0 Å². The largest absolute Gasteiger partial charge is 0.444 e. The van der Waals surface area contributed by atoms with Crippen molar-refractivity contribution in [3.63, 3.8) is 0 Å². The lowest BCUT2D eigenvalue weighted by Gasteiger charge is -2.40. The average Bonchev–Trinajstić information content (AvgIpc) is 2.45. The van der Waals surface area contributed by atoms with Gasteiger partial charge in [-0.3, -0.25) is 4.99 Å². The molecule has 0 aromatic rings. The molecule has 7 nitrogen and oxygen atoms in total. The molecule has 0 radical (unpaired) electrons. The zero-order valence-corrected chi connectivity index (χ0v) is 18.6. The predicted octanol–water partition coefficient (Wildman–Crippen LogP) is 2.60. The molecule has 1 rings (SSSR count). The Labute approximate surface area is 169 Å². The number of hydrogen-bond acceptors (Lipinski definition) is 4. The zero-order chi connectivity index (χ0) is 18.0. The van der Waals surface area contributed by atoms with Crippen LogP contribution in [0.4, 0.5) is 4.79 Å². The zero-order valence-electron chi connectivity index (χ0n) is 16.3. The van der Waals surface area contributed by atoms with Crippen LogP contribution in [0.2, 0.25) is 0 Å². The normalized spacial score (nSPS) is 15.2. The molecule has 0 saturated carbocycles. The highest BCUT2D eigenvalue weighted by Gasteiger charge is 2.34. The fourth-order valence-corrected chi connectivity index (χ4v) is 2.16. The first-order chi connectivity index (χ1) is 11.4. The van der Waals surface area contributed by atoms with Crippen molar-refractivity contribution < 1.29 is 14.3 Å². The molecule has 1 heterocycles. The predicted molar refractivity (Wildman–Crippen MR) is 112 cm³/mol. The summed E-state index contributed by atoms with van der Waals surface area (Å²) in [6.45, 7) is 11.5. The molecule has 1 aliphatic heterocycles. The number of hydrogen-bond donors (Lipinski definition) is 2. The third-order valence-electron chi connectivity index (χ3n) is 3.50. The van der Waals surface area contributed by atoms with Crippen LogP contribution in [0.3, 0.4) is 0 Å². The number of nitrogens with zero attached hydrogens (tertiary/aromatic N) is 2. The summed E-state index contributed by atoms with van der Waals surface area (Å²) in [5, 5.41) is 6.58. The van der Waals surface area contributed by atoms with Gasteiger partial charge in [0.1, 0.15) is 5.60 Å². The average molecular weight is 470 g/mol. The minimum absolute atomic E-state index is 0. The lowest BCUT2D eigenvalue weighted by molar-refractivity contribution is 0.00700. The van der Waals surface area contributed by atoms with E-state index in [1.165, 1.54) is 0 Å². The van der Waals surface area contributed by atoms with Gasteiger partial charge in [0, 0.05) is 39.9 Å². The molecule has 1 fully saturated rings. The van der Waals surface area contributed by atoms with Crippen molar-refractivity contribution in [3.05, 3.63) is 0 Å². The van der Waals surface area contributed by atoms with Crippen LogP contribution in [0.1, 0.15) is 47.0 Å². The highest BCUT2D eigenvalue weighted by Crippen LogP contribution is 2.15. The third kappa shape index (κ3) is 10.7. The topological polar surface area (TPSA) is 75.2 Å². The molecule has 1 amide bonds. The Kier molecular flexibility index (Phi) is 12.2. The summed E-state index contributed by atoms with van der Waals surface area (Å²) in [7, 11) is 1.75. The maximum absolute atomic E-state index is 11.9. The van der Waals surface area contributed by atoms with Crippen molar-refractivity contribution in [1.29, 1.82) is 0 Å². The summed E-state index contributed by atoms with van der Waals surface area (Å²) >= 11 is 0. The van der Waals surface area contributed by atoms with E-state index in [0.29, 0.717) is 13.1 Å². The van der Waals surface area contributed by atoms with Crippen LogP contribution in [0.25, 0.3) is 0 Å². The van der Waals surface area contributed by atoms with Crippen molar-refractivity contribution in [2.45, 2.75) is 58.6 Å². The molecule has 8 heteroatoms. The number of rotatable bonds is 8. The van der Waals surface area contributed by atoms with Crippen molar-refractivity contribution in [2.24, 2.45) is 4.99 Å². The molecule has 0 spiro atoms. The van der Waals surface area contributed by atoms with E-state index in [2.05, 4.69) is 22.5 Å². The second-order valence-corrected chi connectivity index (χ2v) is 7.05. The number of carbonyl (C=O) groups is 1. The number of halogens is 1. The summed E-state index contributed by atoms with van der Waals surface area (Å²) in [6, 6.07) is 0.213. The molecule has 1 saturated heterocycles. The number of ether oxygens (including phenoxy) is 2. The van der Waals surface area contributed by atoms with Crippen LogP contribution >= 0.6 is 24.0 Å². The minimum Gasteiger partial charge on any atom is -0.444 e. The molecule has 1 aliphatic rings. The van der Waals surface area contributed by atoms with E-state index in [0.717, 1.165) is 45.0 Å². The van der Waals surface area contributed by atoms with Gasteiger partial charge in [-0.25, -0.2) is 4.79 Å². The Balaban J connectivity index is 0.00000576. The monoisotopic (exact) mass is 470 g/mol. The first-order valence-electron chi connectivity index (χ1n) is 8.88. The van der Waals surface area contributed by atoms with E-state index in [1.807, 2.05) is 20.8 Å². The molecule has 0 atom stereocenters. The second-order valence-electron chi connectivity index (χ2n) is 7.05. The van der Waals surface area contributed by atoms with E-state index < -0.39 is 5.60 Å². The van der Waals surface area contributed by atoms with Gasteiger partial charge >= 0.3 is 6.09 Å². The van der Waals surface area contributed by atoms with Crippen LogP contribution in [0.5, 0.6) is 0 Å². The Morgan fingerprint density at radius 3 is 2.44 bits per heavy atom. The fourth-order valence-electron chi connectivity index (χ4n) is 2.16. The van der Waals surface area contributed by atoms with Crippen molar-refractivity contribution in [2.75, 3.05) is 39.9 Å². The van der Waals surface area contributed by atoms with E-state index in [-0.39, 0.29) is 36.1 Å². The standard InChI is InChI=1S/C17H34N4O3.HI/c1-6-7-10-23-11-8-9-19-15(18-5)20-14-12-21(13-14)16(22)24-17(2,3)4;/h14H,6-13H2,1-5H3,(H2,18,19,20);1H. The highest BCUT2D eigenvalue weighted by atomic mass is 127. The van der Waals surface area contributed by atoms with Gasteiger partial charge < -0.3 is 25.0 Å². The number of nitrogens with one attached hydrogen (secondary N) is 2. The SMILES string of the molecule is CCCCOCCCNC(=NC)NC1CN(C(=O)OC(C)(C)C)C1.I. The van der Waals surface area contributed by atoms with E-state index in [1.54, 1.807) is 11.9 Å². The summed E-state index contributed by atoms with van der Waals surface area (Å²) in [4.78, 5) is 17.8. The molecule has 0 unspecified atom stereocenters. The van der Waals surface area contributed by atoms with E-state index in [4.69, 9.17) is 9.47 Å². The summed E-state index contributed by atoms with van der Waals surface area (Å²) in [5.41, 5.74) is -0.452. The van der Waals surface area contributed by atoms with Crippen molar-refractivity contribution in [3.8, 4) is 0 Å². The summed E-state index contributed by atoms with van der Waals surface area (Å²) in [5.74, 6) is 0.761. The third-order valence-corrected chi connectivity index (χ3v) is 3.50. The number of likely N-dealkylation sites (tertiary alicyclic amines) is 1. The molecule has 25 heavy (non-hydrogen) atoms. The van der Waals surface area contributed by atoms with Gasteiger partial charge in [-0.1, -0.05) is 13.3 Å². The van der Waals surface area contributed by atoms with E-state index >= 15 is 0 Å². The van der Waals surface area contributed by atoms with Gasteiger partial charge in [0.15, 0.2) is 5.96 Å². The maximum atomic E-state index is 11.9. The fraction of sp³-hybridized carbons (Fsp3) is 0.882. The lowest BCUT2D eigenvalue weighted by atomic mass is 10.1. The van der Waals surface area contributed by atoms with Gasteiger partial charge in [-0.2, -0.15) is 0 Å². The molecule has 148 valence electrons. The number of guanidine groups is 1. The molecular formula is C17H35IN4O3. The Morgan fingerprint density at radius 2 is 1.88 bits per heavy atom. The second kappa shape index (κ2) is 12.6. The maximum Gasteiger partial charge on any atom is 0.410 e. The quantitative estimate of drug-likeness (QED) is 0.247. The van der Waals surface area contributed by atoms with Crippen LogP contribution in [0.15, 0.2) is 4.99 Å². The van der Waals surface area contributed by atoms with Crippen molar-refractivity contribution in [1.82, 2.24) is 15.5 Å². The smallest absolute Gasteiger partial charge is 0.410 e. The van der Waals surface area contributed by atoms with Gasteiger partial charge in [-0.05, 0) is 33.6 Å². The number of amides is 1. The summed E-state index contributed by atoms with van der Waals surface area (Å²) < 4.78 is 10.9. The van der Waals surface area contributed by atoms with Gasteiger partial charge in [0.25, 0.3) is 0 Å². The molecule has 2 N–H and O–H groups in total.